The van der Waals surface area contributed by atoms with Crippen molar-refractivity contribution in [2.75, 3.05) is 47.5 Å². The monoisotopic (exact) mass is 1160 g/mol. The fourth-order valence-corrected chi connectivity index (χ4v) is 9.39. The van der Waals surface area contributed by atoms with Crippen molar-refractivity contribution in [1.29, 1.82) is 0 Å². The van der Waals surface area contributed by atoms with Crippen LogP contribution in [-0.2, 0) is 33.3 Å². The number of hydrogen-bond acceptors (Lipinski definition) is 7. The molecule has 9 nitrogen and oxygen atoms in total. The lowest BCUT2D eigenvalue weighted by Crippen LogP contribution is -2.40. The van der Waals surface area contributed by atoms with E-state index in [9.17, 15) is 19.5 Å². The molecule has 83 heavy (non-hydrogen) atoms. The van der Waals surface area contributed by atoms with Crippen LogP contribution in [0.4, 0.5) is 0 Å². The van der Waals surface area contributed by atoms with Gasteiger partial charge in [-0.15, -0.1) is 0 Å². The molecule has 0 aromatic heterocycles. The number of carboxylic acids is 1. The Morgan fingerprint density at radius 1 is 0.361 bits per heavy atom. The second-order valence-corrected chi connectivity index (χ2v) is 23.7. The first-order valence-corrected chi connectivity index (χ1v) is 34.1. The second kappa shape index (κ2) is 64.0. The Morgan fingerprint density at radius 2 is 0.651 bits per heavy atom. The van der Waals surface area contributed by atoms with Crippen molar-refractivity contribution in [3.05, 3.63) is 109 Å². The summed E-state index contributed by atoms with van der Waals surface area (Å²) in [6.45, 7) is 4.67. The predicted octanol–water partition coefficient (Wildman–Crippen LogP) is 21.0. The van der Waals surface area contributed by atoms with Gasteiger partial charge in [0, 0.05) is 12.8 Å². The fourth-order valence-electron chi connectivity index (χ4n) is 9.39. The maximum absolute atomic E-state index is 12.9. The maximum Gasteiger partial charge on any atom is 0.361 e. The van der Waals surface area contributed by atoms with Crippen molar-refractivity contribution in [2.45, 2.75) is 296 Å². The number of nitrogens with zero attached hydrogens (tertiary/aromatic N) is 1. The number of allylic oxidation sites excluding steroid dienone is 18. The molecule has 0 aromatic rings. The number of carbonyl (C=O) groups is 3. The molecule has 0 bridgehead atoms. The molecule has 0 aromatic carbocycles. The normalized spacial score (nSPS) is 13.4. The number of aliphatic carboxylic acids is 1. The van der Waals surface area contributed by atoms with Crippen LogP contribution in [0.25, 0.3) is 0 Å². The van der Waals surface area contributed by atoms with Crippen molar-refractivity contribution in [3.63, 3.8) is 0 Å². The SMILES string of the molecule is CC/C=C\C/C=C\C/C=C\C/C=C\C/C=C\CCCCCCCCCCCCCCCCCCCCCC(=O)OC(COC(=O)CCCCCCCCCCCC/C=C\C/C=C\C/C=C\C/C=C\CC)COC(OCC[N+](C)(C)C)C(=O)O. The number of unbranched alkanes of at least 4 members (excludes halogenated alkanes) is 29. The van der Waals surface area contributed by atoms with E-state index in [2.05, 4.69) is 123 Å². The number of hydrogen-bond donors (Lipinski definition) is 1. The third kappa shape index (κ3) is 65.3. The highest BCUT2D eigenvalue weighted by atomic mass is 16.7. The molecule has 1 N–H and O–H groups in total. The van der Waals surface area contributed by atoms with Crippen LogP contribution in [-0.4, -0.2) is 87.4 Å². The van der Waals surface area contributed by atoms with Crippen LogP contribution in [0.5, 0.6) is 0 Å². The van der Waals surface area contributed by atoms with Crippen LogP contribution >= 0.6 is 0 Å². The summed E-state index contributed by atoms with van der Waals surface area (Å²) < 4.78 is 23.0. The van der Waals surface area contributed by atoms with Crippen LogP contribution in [0, 0.1) is 0 Å². The zero-order valence-corrected chi connectivity index (χ0v) is 54.3. The van der Waals surface area contributed by atoms with Crippen LogP contribution in [0.1, 0.15) is 284 Å². The molecule has 0 rings (SSSR count). The van der Waals surface area contributed by atoms with E-state index >= 15 is 0 Å². The van der Waals surface area contributed by atoms with Gasteiger partial charge in [-0.3, -0.25) is 9.59 Å². The van der Waals surface area contributed by atoms with Gasteiger partial charge in [0.2, 0.25) is 0 Å². The molecule has 0 aliphatic rings. The minimum absolute atomic E-state index is 0.184. The second-order valence-electron chi connectivity index (χ2n) is 23.7. The summed E-state index contributed by atoms with van der Waals surface area (Å²) in [6, 6.07) is 0. The molecular formula is C74H128NO8+. The Labute approximate surface area is 511 Å². The van der Waals surface area contributed by atoms with Gasteiger partial charge in [0.05, 0.1) is 34.4 Å². The van der Waals surface area contributed by atoms with Crippen molar-refractivity contribution in [3.8, 4) is 0 Å². The predicted molar refractivity (Wildman–Crippen MR) is 355 cm³/mol. The maximum atomic E-state index is 12.9. The highest BCUT2D eigenvalue weighted by Gasteiger charge is 2.25. The number of carbonyl (C=O) groups excluding carboxylic acids is 2. The van der Waals surface area contributed by atoms with E-state index in [1.54, 1.807) is 0 Å². The van der Waals surface area contributed by atoms with Gasteiger partial charge in [-0.2, -0.15) is 0 Å². The Hall–Kier alpha value is -4.05. The van der Waals surface area contributed by atoms with E-state index in [-0.39, 0.29) is 32.2 Å². The Balaban J connectivity index is 4.10. The van der Waals surface area contributed by atoms with E-state index < -0.39 is 24.3 Å². The number of quaternary nitrogens is 1. The zero-order valence-electron chi connectivity index (χ0n) is 54.3. The molecule has 0 heterocycles. The minimum Gasteiger partial charge on any atom is -0.477 e. The van der Waals surface area contributed by atoms with Gasteiger partial charge in [-0.05, 0) is 96.3 Å². The lowest BCUT2D eigenvalue weighted by Gasteiger charge is -2.25. The summed E-state index contributed by atoms with van der Waals surface area (Å²) in [5, 5.41) is 9.74. The van der Waals surface area contributed by atoms with E-state index in [4.69, 9.17) is 18.9 Å². The minimum atomic E-state index is -1.52. The lowest BCUT2D eigenvalue weighted by molar-refractivity contribution is -0.870. The van der Waals surface area contributed by atoms with Crippen LogP contribution in [0.2, 0.25) is 0 Å². The van der Waals surface area contributed by atoms with Gasteiger partial charge < -0.3 is 28.5 Å². The third-order valence-electron chi connectivity index (χ3n) is 14.5. The molecule has 0 aliphatic carbocycles. The van der Waals surface area contributed by atoms with Crippen molar-refractivity contribution < 1.29 is 42.9 Å². The number of carboxylic acid groups (broad SMARTS) is 1. The summed E-state index contributed by atoms with van der Waals surface area (Å²) in [5.41, 5.74) is 0. The smallest absolute Gasteiger partial charge is 0.361 e. The van der Waals surface area contributed by atoms with Gasteiger partial charge in [0.25, 0.3) is 6.29 Å². The Bertz CT molecular complexity index is 1730. The molecule has 0 spiro atoms. The highest BCUT2D eigenvalue weighted by Crippen LogP contribution is 2.17. The van der Waals surface area contributed by atoms with Crippen molar-refractivity contribution >= 4 is 17.9 Å². The topological polar surface area (TPSA) is 108 Å². The molecular weight excluding hydrogens is 1030 g/mol. The number of likely N-dealkylation sites (N-methyl/N-ethyl adjacent to an activating group) is 1. The molecule has 0 saturated carbocycles. The summed E-state index contributed by atoms with van der Waals surface area (Å²) in [6.07, 6.45) is 86.2. The van der Waals surface area contributed by atoms with Crippen molar-refractivity contribution in [1.82, 2.24) is 0 Å². The Morgan fingerprint density at radius 3 is 0.964 bits per heavy atom. The highest BCUT2D eigenvalue weighted by molar-refractivity contribution is 5.71. The largest absolute Gasteiger partial charge is 0.477 e. The standard InChI is InChI=1S/C74H127NO8/c1-6-8-10-12-14-16-18-20-22-24-26-28-30-31-32-33-34-35-36-37-38-39-40-41-43-45-47-49-51-53-55-57-59-61-63-65-72(77)83-70(69-82-74(73(78)79)80-67-66-75(3,4)5)68-81-71(76)64-62-60-58-56-54-52-50-48-46-44-42-29-27-25-23-21-19-17-15-13-11-9-7-2/h8-11,14-17,20-23,26-29,31-32,70,74H,6-7,12-13,18-19,24-25,30,33-69H2,1-5H3/p+1/b10-8-,11-9-,16-14-,17-15-,22-20-,23-21-,28-26-,29-27-,32-31-. The number of rotatable bonds is 62. The first-order valence-electron chi connectivity index (χ1n) is 34.1. The first kappa shape index (κ1) is 79.0. The molecule has 2 atom stereocenters. The molecule has 2 unspecified atom stereocenters. The molecule has 0 radical (unpaired) electrons. The Kier molecular flexibility index (Phi) is 60.8. The van der Waals surface area contributed by atoms with Gasteiger partial charge in [-0.25, -0.2) is 4.79 Å². The van der Waals surface area contributed by atoms with E-state index in [1.807, 2.05) is 21.1 Å². The summed E-state index contributed by atoms with van der Waals surface area (Å²) >= 11 is 0. The van der Waals surface area contributed by atoms with Gasteiger partial charge in [0.1, 0.15) is 13.2 Å². The molecule has 0 amide bonds. The number of esters is 2. The average Bonchev–Trinajstić information content (AvgIpc) is 3.46. The van der Waals surface area contributed by atoms with Crippen molar-refractivity contribution in [2.24, 2.45) is 0 Å². The third-order valence-corrected chi connectivity index (χ3v) is 14.5. The molecule has 0 saturated heterocycles. The zero-order chi connectivity index (χ0) is 60.5. The van der Waals surface area contributed by atoms with E-state index in [1.165, 1.54) is 154 Å². The van der Waals surface area contributed by atoms with Gasteiger partial charge >= 0.3 is 17.9 Å². The molecule has 476 valence electrons. The van der Waals surface area contributed by atoms with Crippen LogP contribution in [0.15, 0.2) is 109 Å². The molecule has 0 fully saturated rings. The number of ether oxygens (including phenoxy) is 4. The van der Waals surface area contributed by atoms with E-state index in [0.717, 1.165) is 103 Å². The van der Waals surface area contributed by atoms with Gasteiger partial charge in [0.15, 0.2) is 6.10 Å². The summed E-state index contributed by atoms with van der Waals surface area (Å²) in [4.78, 5) is 37.6. The first-order chi connectivity index (χ1) is 40.6. The van der Waals surface area contributed by atoms with Gasteiger partial charge in [-0.1, -0.05) is 284 Å². The quantitative estimate of drug-likeness (QED) is 0.0211. The average molecular weight is 1160 g/mol. The molecule has 9 heteroatoms. The fraction of sp³-hybridized carbons (Fsp3) is 0.716. The van der Waals surface area contributed by atoms with Crippen LogP contribution < -0.4 is 0 Å². The lowest BCUT2D eigenvalue weighted by atomic mass is 10.0. The van der Waals surface area contributed by atoms with E-state index in [0.29, 0.717) is 17.4 Å². The molecule has 0 aliphatic heterocycles. The summed E-state index contributed by atoms with van der Waals surface area (Å²) in [7, 11) is 5.97. The van der Waals surface area contributed by atoms with Crippen LogP contribution in [0.3, 0.4) is 0 Å². The summed E-state index contributed by atoms with van der Waals surface area (Å²) in [5.74, 6) is -2.00.